The number of nitrogens with two attached hydrogens (primary N) is 1. The van der Waals surface area contributed by atoms with Crippen LogP contribution in [0.15, 0.2) is 328 Å². The molecule has 0 fully saturated rings. The highest BCUT2D eigenvalue weighted by atomic mass is 32.2. The minimum Gasteiger partial charge on any atom is -0.465 e. The maximum Gasteiger partial charge on any atom is 0.123 e. The average Bonchev–Trinajstić information content (AvgIpc) is 1.53. The Morgan fingerprint density at radius 2 is 0.717 bits per heavy atom. The fourth-order valence-electron chi connectivity index (χ4n) is 14.6. The number of anilines is 14. The first kappa shape index (κ1) is 66.2. The summed E-state index contributed by atoms with van der Waals surface area (Å²) in [5, 5.41) is 20.2. The summed E-state index contributed by atoms with van der Waals surface area (Å²) in [7, 11) is 0. The molecule has 1 aliphatic heterocycles. The van der Waals surface area contributed by atoms with E-state index in [1.54, 1.807) is 0 Å². The van der Waals surface area contributed by atoms with Crippen molar-refractivity contribution in [2.75, 3.05) is 30.1 Å². The predicted octanol–water partition coefficient (Wildman–Crippen LogP) is 23.8. The Bertz CT molecular complexity index is 5680. The van der Waals surface area contributed by atoms with E-state index in [2.05, 4.69) is 366 Å². The minimum atomic E-state index is 0.518. The van der Waals surface area contributed by atoms with Crippen LogP contribution in [-0.2, 0) is 38.0 Å². The number of hydrogen-bond donors (Lipinski definition) is 2. The van der Waals surface area contributed by atoms with E-state index in [-0.39, 0.29) is 0 Å². The summed E-state index contributed by atoms with van der Waals surface area (Å²) in [5.74, 6) is 0. The predicted molar refractivity (Wildman–Crippen MR) is 448 cm³/mol. The van der Waals surface area contributed by atoms with Gasteiger partial charge < -0.3 is 34.8 Å². The molecule has 0 spiro atoms. The van der Waals surface area contributed by atoms with Crippen molar-refractivity contribution in [2.24, 2.45) is 0 Å². The molecule has 0 aliphatic carbocycles. The van der Waals surface area contributed by atoms with E-state index in [1.165, 1.54) is 0 Å². The minimum absolute atomic E-state index is 0.518. The van der Waals surface area contributed by atoms with E-state index in [1.807, 2.05) is 21.6 Å². The molecule has 106 heavy (non-hydrogen) atoms. The van der Waals surface area contributed by atoms with Crippen LogP contribution in [0.4, 0.5) is 91.0 Å². The van der Waals surface area contributed by atoms with Crippen LogP contribution >= 0.6 is 0 Å². The summed E-state index contributed by atoms with van der Waals surface area (Å²) in [4.78, 5) is 11.0. The van der Waals surface area contributed by atoms with Crippen LogP contribution in [-0.4, -0.2) is 30.0 Å². The van der Waals surface area contributed by atoms with Crippen molar-refractivity contribution in [1.82, 2.24) is 30.0 Å². The van der Waals surface area contributed by atoms with E-state index in [0.717, 1.165) is 177 Å². The molecular formula is C90H74N14S2. The molecule has 0 saturated heterocycles. The summed E-state index contributed by atoms with van der Waals surface area (Å²) in [6.07, 6.45) is 1.73. The van der Waals surface area contributed by atoms with Gasteiger partial charge in [0.2, 0.25) is 0 Å². The zero-order chi connectivity index (χ0) is 71.5. The molecule has 0 radical (unpaired) electrons. The third-order valence-electron chi connectivity index (χ3n) is 19.4. The molecule has 516 valence electrons. The number of nitrogen functional groups attached to an aromatic ring is 1. The molecule has 0 saturated carbocycles. The van der Waals surface area contributed by atoms with Gasteiger partial charge in [-0.2, -0.15) is 15.0 Å². The molecule has 1 aliphatic rings. The van der Waals surface area contributed by atoms with E-state index >= 15 is 0 Å². The zero-order valence-electron chi connectivity index (χ0n) is 58.4. The second kappa shape index (κ2) is 29.4. The summed E-state index contributed by atoms with van der Waals surface area (Å²) in [6, 6.07) is 115. The molecule has 0 atom stereocenters. The number of nitrogens with zero attached hydrogens (tertiary/aromatic N) is 12. The first-order valence-corrected chi connectivity index (χ1v) is 37.0. The van der Waals surface area contributed by atoms with Gasteiger partial charge in [-0.25, -0.2) is 9.40 Å². The lowest BCUT2D eigenvalue weighted by molar-refractivity contribution is 0.535. The molecule has 0 amide bonds. The van der Waals surface area contributed by atoms with Gasteiger partial charge in [-0.3, -0.25) is 0 Å². The number of aryl methyl sites for hydroxylation is 2. The number of para-hydroxylation sites is 6. The van der Waals surface area contributed by atoms with Crippen LogP contribution in [0.5, 0.6) is 0 Å². The van der Waals surface area contributed by atoms with E-state index in [0.29, 0.717) is 30.0 Å². The maximum absolute atomic E-state index is 7.42. The summed E-state index contributed by atoms with van der Waals surface area (Å²) in [6.45, 7) is 5.63. The fourth-order valence-corrected chi connectivity index (χ4v) is 15.5. The van der Waals surface area contributed by atoms with E-state index < -0.39 is 0 Å². The van der Waals surface area contributed by atoms with Gasteiger partial charge >= 0.3 is 0 Å². The van der Waals surface area contributed by atoms with Gasteiger partial charge in [0.25, 0.3) is 0 Å². The Morgan fingerprint density at radius 3 is 1.10 bits per heavy atom. The Morgan fingerprint density at radius 1 is 0.377 bits per heavy atom. The third kappa shape index (κ3) is 12.6. The van der Waals surface area contributed by atoms with Crippen molar-refractivity contribution >= 4 is 138 Å². The van der Waals surface area contributed by atoms with Gasteiger partial charge in [-0.1, -0.05) is 225 Å². The van der Waals surface area contributed by atoms with Crippen LogP contribution in [0.2, 0.25) is 0 Å². The largest absolute Gasteiger partial charge is 0.465 e. The summed E-state index contributed by atoms with van der Waals surface area (Å²) < 4.78 is 15.5. The molecular weight excluding hydrogens is 1340 g/mol. The van der Waals surface area contributed by atoms with Crippen molar-refractivity contribution in [3.8, 4) is 55.6 Å². The SMILES string of the molecule is CCCn1nc2c(-c3ccc(N(c4ccccc4)c4cccc(-c5cccc(N(c6ccccc6)c6ccc(-c7c(N)c([N-][SH2+])c(-c8ccc(N(c9ccccc9)c9ccccc9)cc8)c8nnn(CCC)c78)cc6)c5)c4)cc3)c3c(c(-c4ccc(N(c5ccccc5)c5ccccc5)cc4)c2n1)N[SH+][N-]3. The monoisotopic (exact) mass is 1410 g/mol. The van der Waals surface area contributed by atoms with Crippen LogP contribution in [0.1, 0.15) is 26.7 Å². The summed E-state index contributed by atoms with van der Waals surface area (Å²) >= 11 is 4.34. The maximum atomic E-state index is 7.42. The fraction of sp³-hybridized carbons (Fsp3) is 0.0667. The molecule has 16 heteroatoms. The third-order valence-corrected chi connectivity index (χ3v) is 20.2. The van der Waals surface area contributed by atoms with Crippen LogP contribution in [0.25, 0.3) is 87.1 Å². The number of thiol groups is 1. The number of nitrogens with one attached hydrogen (secondary N) is 1. The second-order valence-corrected chi connectivity index (χ2v) is 26.9. The van der Waals surface area contributed by atoms with Gasteiger partial charge in [0.15, 0.2) is 0 Å². The highest BCUT2D eigenvalue weighted by Gasteiger charge is 2.29. The lowest BCUT2D eigenvalue weighted by Crippen LogP contribution is -2.10. The molecule has 14 aromatic carbocycles. The Hall–Kier alpha value is -13.0. The van der Waals surface area contributed by atoms with Gasteiger partial charge in [-0.05, 0) is 192 Å². The van der Waals surface area contributed by atoms with Crippen molar-refractivity contribution in [3.05, 3.63) is 337 Å². The molecule has 3 heterocycles. The highest BCUT2D eigenvalue weighted by molar-refractivity contribution is 7.83. The average molecular weight is 1420 g/mol. The van der Waals surface area contributed by atoms with E-state index in [9.17, 15) is 0 Å². The van der Waals surface area contributed by atoms with E-state index in [4.69, 9.17) is 35.7 Å². The molecule has 2 aromatic heterocycles. The Balaban J connectivity index is 0.691. The first-order valence-electron chi connectivity index (χ1n) is 35.7. The molecule has 17 rings (SSSR count). The first-order chi connectivity index (χ1) is 52.4. The van der Waals surface area contributed by atoms with Crippen LogP contribution < -0.4 is 30.1 Å². The molecule has 0 unspecified atom stereocenters. The summed E-state index contributed by atoms with van der Waals surface area (Å²) in [5.41, 5.74) is 35.4. The molecule has 14 nitrogen and oxygen atoms in total. The lowest BCUT2D eigenvalue weighted by Gasteiger charge is -2.27. The topological polar surface area (TPSA) is 141 Å². The van der Waals surface area contributed by atoms with Crippen molar-refractivity contribution in [1.29, 1.82) is 0 Å². The number of benzene rings is 14. The van der Waals surface area contributed by atoms with Gasteiger partial charge in [0, 0.05) is 115 Å². The zero-order valence-corrected chi connectivity index (χ0v) is 60.3. The second-order valence-electron chi connectivity index (χ2n) is 26.1. The number of rotatable bonds is 22. The Kier molecular flexibility index (Phi) is 18.4. The number of fused-ring (bicyclic) bond motifs is 3. The van der Waals surface area contributed by atoms with Gasteiger partial charge in [0.1, 0.15) is 16.6 Å². The van der Waals surface area contributed by atoms with Gasteiger partial charge in [0.05, 0.1) is 17.7 Å². The standard InChI is InChI=1S/C90H74N14S2/c1-3-57-99-90-79(83(91)84(95-105)80(89(90)92-98-99)62-43-51-73(52-44-62)101(67-27-11-5-12-28-67)68-29-13-6-14-30-68)61-41-49-75(50-42-61)103(71-35-19-9-20-36-71)77-39-23-25-65(59-77)66-26-24-40-78(60-66)104(72-37-21-10-22-38-72)76-55-47-64(48-56-76)82-86-85(93-100(94-86)58-4-2)81(87-88(82)97-106-96-87)63-45-53-74(54-46-63)102(69-31-15-7-16-32-69)70-33-17-8-18-34-70/h5-56,59-60,96,106H,3-4,57-58,91,105H2,1-2H3. The quantitative estimate of drug-likeness (QED) is 0.0383. The number of aromatic nitrogens is 6. The van der Waals surface area contributed by atoms with Crippen molar-refractivity contribution < 1.29 is 0 Å². The molecule has 16 aromatic rings. The van der Waals surface area contributed by atoms with Gasteiger partial charge in [-0.15, -0.1) is 5.10 Å². The highest BCUT2D eigenvalue weighted by Crippen LogP contribution is 2.55. The molecule has 0 bridgehead atoms. The van der Waals surface area contributed by atoms with Crippen molar-refractivity contribution in [2.45, 2.75) is 39.8 Å². The Labute approximate surface area is 626 Å². The van der Waals surface area contributed by atoms with Crippen LogP contribution in [0, 0.1) is 0 Å². The smallest absolute Gasteiger partial charge is 0.123 e. The van der Waals surface area contributed by atoms with Crippen LogP contribution in [0.3, 0.4) is 0 Å². The normalized spacial score (nSPS) is 11.7. The molecule has 3 N–H and O–H groups in total. The number of hydrogen-bond acceptors (Lipinski definition) is 10. The lowest BCUT2D eigenvalue weighted by atomic mass is 9.93. The van der Waals surface area contributed by atoms with Crippen molar-refractivity contribution in [3.63, 3.8) is 0 Å².